The molecule has 0 fully saturated rings. The molecule has 0 radical (unpaired) electrons. The number of hydrogen-bond acceptors (Lipinski definition) is 9. The summed E-state index contributed by atoms with van der Waals surface area (Å²) in [7, 11) is 0.956. The van der Waals surface area contributed by atoms with E-state index in [0.717, 1.165) is 59.1 Å². The summed E-state index contributed by atoms with van der Waals surface area (Å²) >= 11 is 1.75. The summed E-state index contributed by atoms with van der Waals surface area (Å²) in [6, 6.07) is 0.862. The molecule has 0 aliphatic heterocycles. The van der Waals surface area contributed by atoms with E-state index in [0.29, 0.717) is 25.8 Å². The molecule has 8 nitrogen and oxygen atoms in total. The minimum Gasteiger partial charge on any atom is -0.371 e. The normalized spacial score (nSPS) is 12.6. The van der Waals surface area contributed by atoms with E-state index in [4.69, 9.17) is 29.2 Å². The minimum absolute atomic E-state index is 0.258. The molecule has 1 heterocycles. The SMILES string of the molecule is CCCCCCCCSc1nc(NC(OCC)(OCC)C(C[SiH3])OCC)nc(N(CCCCCCCC)CCCCCCCC)n1. The Bertz CT molecular complexity index is 819. The average molecular weight is 684 g/mol. The number of aromatic nitrogens is 3. The summed E-state index contributed by atoms with van der Waals surface area (Å²) in [6.07, 6.45) is 22.7. The van der Waals surface area contributed by atoms with Crippen molar-refractivity contribution in [3.63, 3.8) is 0 Å². The van der Waals surface area contributed by atoms with Gasteiger partial charge in [0.1, 0.15) is 6.10 Å². The fourth-order valence-electron chi connectivity index (χ4n) is 5.79. The molecule has 0 spiro atoms. The quantitative estimate of drug-likeness (QED) is 0.0338. The smallest absolute Gasteiger partial charge is 0.278 e. The summed E-state index contributed by atoms with van der Waals surface area (Å²) in [6.45, 7) is 16.3. The van der Waals surface area contributed by atoms with Crippen LogP contribution in [0, 0.1) is 0 Å². The van der Waals surface area contributed by atoms with E-state index in [1.807, 2.05) is 20.8 Å². The molecular weight excluding hydrogens is 611 g/mol. The molecule has 1 rings (SSSR count). The van der Waals surface area contributed by atoms with Crippen LogP contribution in [0.4, 0.5) is 11.9 Å². The molecular formula is C36H73N5O3SSi. The van der Waals surface area contributed by atoms with Gasteiger partial charge in [-0.2, -0.15) is 15.0 Å². The first-order valence-electron chi connectivity index (χ1n) is 19.3. The molecule has 46 heavy (non-hydrogen) atoms. The average Bonchev–Trinajstić information content (AvgIpc) is 3.05. The number of rotatable bonds is 33. The van der Waals surface area contributed by atoms with Crippen molar-refractivity contribution < 1.29 is 14.2 Å². The van der Waals surface area contributed by atoms with Crippen LogP contribution in [0.5, 0.6) is 0 Å². The highest BCUT2D eigenvalue weighted by atomic mass is 32.2. The lowest BCUT2D eigenvalue weighted by atomic mass is 10.1. The van der Waals surface area contributed by atoms with E-state index >= 15 is 0 Å². The molecule has 1 N–H and O–H groups in total. The standard InChI is InChI=1S/C36H73N5O3SSi/c1-7-13-16-19-22-25-28-41(29-26-23-20-17-14-8-2)34-37-33(38-35(39-34)45-30-27-24-21-18-15-9-3)40-36(43-11-5,44-12-6)32(31-46)42-10-4/h32H,7-31H2,1-6,46H3,(H,37,38,39,40). The monoisotopic (exact) mass is 684 g/mol. The number of nitrogens with one attached hydrogen (secondary N) is 1. The topological polar surface area (TPSA) is 81.6 Å². The van der Waals surface area contributed by atoms with Gasteiger partial charge in [-0.05, 0) is 46.1 Å². The first kappa shape index (κ1) is 43.1. The summed E-state index contributed by atoms with van der Waals surface area (Å²) in [5.74, 6) is 1.14. The van der Waals surface area contributed by atoms with E-state index in [9.17, 15) is 0 Å². The zero-order valence-corrected chi connectivity index (χ0v) is 34.0. The second-order valence-electron chi connectivity index (χ2n) is 12.4. The van der Waals surface area contributed by atoms with Crippen LogP contribution < -0.4 is 10.2 Å². The molecule has 270 valence electrons. The molecule has 0 amide bonds. The minimum atomic E-state index is -1.15. The van der Waals surface area contributed by atoms with Crippen LogP contribution in [0.2, 0.25) is 6.04 Å². The Kier molecular flexibility index (Phi) is 27.2. The van der Waals surface area contributed by atoms with Gasteiger partial charge in [-0.15, -0.1) is 0 Å². The van der Waals surface area contributed by atoms with E-state index in [1.54, 1.807) is 11.8 Å². The van der Waals surface area contributed by atoms with Crippen molar-refractivity contribution in [1.29, 1.82) is 0 Å². The Balaban J connectivity index is 3.32. The summed E-state index contributed by atoms with van der Waals surface area (Å²) in [5.41, 5.74) is 0. The van der Waals surface area contributed by atoms with Crippen LogP contribution >= 0.6 is 11.8 Å². The van der Waals surface area contributed by atoms with Gasteiger partial charge in [0.25, 0.3) is 5.91 Å². The molecule has 0 saturated heterocycles. The Labute approximate surface area is 291 Å². The fourth-order valence-corrected chi connectivity index (χ4v) is 7.40. The Morgan fingerprint density at radius 2 is 1.15 bits per heavy atom. The van der Waals surface area contributed by atoms with Gasteiger partial charge in [0.05, 0.1) is 0 Å². The second-order valence-corrected chi connectivity index (χ2v) is 14.3. The number of hydrogen-bond donors (Lipinski definition) is 1. The molecule has 1 unspecified atom stereocenters. The van der Waals surface area contributed by atoms with Gasteiger partial charge in [-0.25, -0.2) is 0 Å². The highest BCUT2D eigenvalue weighted by molar-refractivity contribution is 7.99. The van der Waals surface area contributed by atoms with Crippen LogP contribution in [-0.2, 0) is 14.2 Å². The maximum Gasteiger partial charge on any atom is 0.278 e. The molecule has 10 heteroatoms. The van der Waals surface area contributed by atoms with Crippen molar-refractivity contribution in [2.24, 2.45) is 0 Å². The van der Waals surface area contributed by atoms with Gasteiger partial charge in [-0.3, -0.25) is 0 Å². The van der Waals surface area contributed by atoms with E-state index < -0.39 is 5.91 Å². The van der Waals surface area contributed by atoms with Gasteiger partial charge < -0.3 is 24.4 Å². The highest BCUT2D eigenvalue weighted by Gasteiger charge is 2.42. The number of anilines is 2. The van der Waals surface area contributed by atoms with Crippen LogP contribution in [0.3, 0.4) is 0 Å². The molecule has 0 aliphatic carbocycles. The third kappa shape index (κ3) is 18.6. The lowest BCUT2D eigenvalue weighted by molar-refractivity contribution is -0.267. The summed E-state index contributed by atoms with van der Waals surface area (Å²) in [4.78, 5) is 17.5. The van der Waals surface area contributed by atoms with Crippen molar-refractivity contribution in [1.82, 2.24) is 15.0 Å². The van der Waals surface area contributed by atoms with Gasteiger partial charge in [0, 0.05) is 48.9 Å². The number of unbranched alkanes of at least 4 members (excludes halogenated alkanes) is 15. The third-order valence-electron chi connectivity index (χ3n) is 8.34. The van der Waals surface area contributed by atoms with Gasteiger partial charge in [-0.1, -0.05) is 129 Å². The van der Waals surface area contributed by atoms with Gasteiger partial charge in [0.2, 0.25) is 11.9 Å². The lowest BCUT2D eigenvalue weighted by Gasteiger charge is -2.39. The van der Waals surface area contributed by atoms with Crippen LogP contribution in [0.15, 0.2) is 5.16 Å². The Morgan fingerprint density at radius 3 is 1.63 bits per heavy atom. The maximum absolute atomic E-state index is 6.33. The number of thioether (sulfide) groups is 1. The molecule has 1 atom stereocenters. The van der Waals surface area contributed by atoms with E-state index in [2.05, 4.69) is 31.0 Å². The van der Waals surface area contributed by atoms with E-state index in [1.165, 1.54) is 103 Å². The maximum atomic E-state index is 6.33. The molecule has 0 aliphatic rings. The van der Waals surface area contributed by atoms with Crippen LogP contribution in [0.25, 0.3) is 0 Å². The van der Waals surface area contributed by atoms with Crippen molar-refractivity contribution in [2.75, 3.05) is 48.9 Å². The fraction of sp³-hybridized carbons (Fsp3) is 0.917. The Hall–Kier alpha value is -0.943. The first-order valence-corrected chi connectivity index (χ1v) is 21.7. The molecule has 0 saturated carbocycles. The zero-order chi connectivity index (χ0) is 33.7. The predicted molar refractivity (Wildman–Crippen MR) is 203 cm³/mol. The largest absolute Gasteiger partial charge is 0.371 e. The predicted octanol–water partition coefficient (Wildman–Crippen LogP) is 9.18. The Morgan fingerprint density at radius 1 is 0.652 bits per heavy atom. The number of ether oxygens (including phenoxy) is 3. The van der Waals surface area contributed by atoms with E-state index in [-0.39, 0.29) is 6.10 Å². The molecule has 0 aromatic carbocycles. The van der Waals surface area contributed by atoms with Crippen molar-refractivity contribution in [2.45, 2.75) is 180 Å². The van der Waals surface area contributed by atoms with Crippen molar-refractivity contribution in [3.05, 3.63) is 0 Å². The number of nitrogens with zero attached hydrogens (tertiary/aromatic N) is 4. The van der Waals surface area contributed by atoms with Crippen LogP contribution in [-0.4, -0.2) is 75.9 Å². The van der Waals surface area contributed by atoms with Gasteiger partial charge in [0.15, 0.2) is 5.16 Å². The van der Waals surface area contributed by atoms with Gasteiger partial charge >= 0.3 is 0 Å². The van der Waals surface area contributed by atoms with Crippen LogP contribution in [0.1, 0.15) is 157 Å². The van der Waals surface area contributed by atoms with Crippen molar-refractivity contribution >= 4 is 33.9 Å². The lowest BCUT2D eigenvalue weighted by Crippen LogP contribution is -2.55. The highest BCUT2D eigenvalue weighted by Crippen LogP contribution is 2.28. The third-order valence-corrected chi connectivity index (χ3v) is 10.0. The second kappa shape index (κ2) is 29.0. The molecule has 1 aromatic heterocycles. The molecule has 1 aromatic rings. The molecule has 0 bridgehead atoms. The summed E-state index contributed by atoms with van der Waals surface area (Å²) in [5, 5.41) is 4.30. The van der Waals surface area contributed by atoms with Crippen molar-refractivity contribution in [3.8, 4) is 0 Å². The zero-order valence-electron chi connectivity index (χ0n) is 31.2. The first-order chi connectivity index (χ1) is 22.5. The summed E-state index contributed by atoms with van der Waals surface area (Å²) < 4.78 is 18.8.